The SMILES string of the molecule is O=CC(CO)Cc1c(-c2ccc(F)cc2)[nH]c2c(F)cc(F)cc12. The molecule has 0 saturated carbocycles. The maximum Gasteiger partial charge on any atom is 0.150 e. The van der Waals surface area contributed by atoms with Crippen LogP contribution in [-0.2, 0) is 11.2 Å². The molecule has 0 aliphatic carbocycles. The molecule has 6 heteroatoms. The first-order chi connectivity index (χ1) is 11.5. The average Bonchev–Trinajstić information content (AvgIpc) is 2.92. The van der Waals surface area contributed by atoms with Gasteiger partial charge in [0.15, 0.2) is 0 Å². The van der Waals surface area contributed by atoms with Crippen molar-refractivity contribution in [1.29, 1.82) is 0 Å². The van der Waals surface area contributed by atoms with Crippen molar-refractivity contribution >= 4 is 17.2 Å². The summed E-state index contributed by atoms with van der Waals surface area (Å²) in [6.07, 6.45) is 0.707. The number of aromatic nitrogens is 1. The minimum atomic E-state index is -0.758. The van der Waals surface area contributed by atoms with Gasteiger partial charge in [0.1, 0.15) is 23.7 Å². The van der Waals surface area contributed by atoms with Gasteiger partial charge in [-0.15, -0.1) is 0 Å². The first-order valence-corrected chi connectivity index (χ1v) is 7.35. The van der Waals surface area contributed by atoms with Crippen LogP contribution in [0.1, 0.15) is 5.56 Å². The molecule has 2 aromatic carbocycles. The maximum atomic E-state index is 14.1. The van der Waals surface area contributed by atoms with Gasteiger partial charge in [-0.1, -0.05) is 0 Å². The Kier molecular flexibility index (Phi) is 4.40. The molecule has 0 spiro atoms. The minimum absolute atomic E-state index is 0.105. The van der Waals surface area contributed by atoms with Crippen LogP contribution in [0.4, 0.5) is 13.2 Å². The van der Waals surface area contributed by atoms with Crippen LogP contribution in [0, 0.1) is 23.4 Å². The molecular formula is C18H14F3NO2. The average molecular weight is 333 g/mol. The monoisotopic (exact) mass is 333 g/mol. The zero-order valence-corrected chi connectivity index (χ0v) is 12.5. The number of halogens is 3. The molecule has 0 radical (unpaired) electrons. The third-order valence-electron chi connectivity index (χ3n) is 3.96. The number of aldehydes is 1. The second kappa shape index (κ2) is 6.49. The molecule has 0 aliphatic rings. The Morgan fingerprint density at radius 3 is 2.42 bits per heavy atom. The number of aromatic amines is 1. The zero-order valence-electron chi connectivity index (χ0n) is 12.5. The van der Waals surface area contributed by atoms with Crippen LogP contribution in [-0.4, -0.2) is 23.0 Å². The molecule has 0 saturated heterocycles. The third-order valence-corrected chi connectivity index (χ3v) is 3.96. The topological polar surface area (TPSA) is 53.1 Å². The van der Waals surface area contributed by atoms with Crippen molar-refractivity contribution in [2.24, 2.45) is 5.92 Å². The van der Waals surface area contributed by atoms with Crippen LogP contribution in [0.5, 0.6) is 0 Å². The van der Waals surface area contributed by atoms with E-state index in [4.69, 9.17) is 0 Å². The summed E-state index contributed by atoms with van der Waals surface area (Å²) in [5.41, 5.74) is 1.65. The number of nitrogens with one attached hydrogen (secondary N) is 1. The summed E-state index contributed by atoms with van der Waals surface area (Å²) in [6, 6.07) is 7.46. The zero-order chi connectivity index (χ0) is 17.3. The number of carbonyl (C=O) groups is 1. The molecule has 3 aromatic rings. The summed E-state index contributed by atoms with van der Waals surface area (Å²) in [4.78, 5) is 13.9. The molecular weight excluding hydrogens is 319 g/mol. The van der Waals surface area contributed by atoms with Crippen LogP contribution in [0.15, 0.2) is 36.4 Å². The van der Waals surface area contributed by atoms with Crippen molar-refractivity contribution in [3.63, 3.8) is 0 Å². The van der Waals surface area contributed by atoms with Crippen LogP contribution in [0.2, 0.25) is 0 Å². The highest BCUT2D eigenvalue weighted by Gasteiger charge is 2.20. The second-order valence-electron chi connectivity index (χ2n) is 5.58. The summed E-state index contributed by atoms with van der Waals surface area (Å²) in [7, 11) is 0. The molecule has 2 N–H and O–H groups in total. The largest absolute Gasteiger partial charge is 0.396 e. The fraction of sp³-hybridized carbons (Fsp3) is 0.167. The predicted octanol–water partition coefficient (Wildman–Crippen LogP) is 3.60. The van der Waals surface area contributed by atoms with Gasteiger partial charge in [-0.05, 0) is 47.9 Å². The van der Waals surface area contributed by atoms with E-state index < -0.39 is 23.4 Å². The molecule has 0 amide bonds. The molecule has 1 heterocycles. The number of benzene rings is 2. The Morgan fingerprint density at radius 2 is 1.79 bits per heavy atom. The minimum Gasteiger partial charge on any atom is -0.396 e. The number of hydrogen-bond donors (Lipinski definition) is 2. The Labute approximate surface area is 135 Å². The van der Waals surface area contributed by atoms with E-state index in [1.54, 1.807) is 0 Å². The number of aliphatic hydroxyl groups is 1. The first kappa shape index (κ1) is 16.3. The summed E-state index contributed by atoms with van der Waals surface area (Å²) < 4.78 is 40.8. The van der Waals surface area contributed by atoms with Crippen molar-refractivity contribution in [1.82, 2.24) is 4.98 Å². The number of carbonyl (C=O) groups excluding carboxylic acids is 1. The van der Waals surface area contributed by atoms with E-state index in [0.717, 1.165) is 6.07 Å². The number of aliphatic hydroxyl groups excluding tert-OH is 1. The summed E-state index contributed by atoms with van der Waals surface area (Å²) in [5, 5.41) is 9.56. The molecule has 24 heavy (non-hydrogen) atoms. The normalized spacial score (nSPS) is 12.5. The fourth-order valence-corrected chi connectivity index (χ4v) is 2.77. The number of rotatable bonds is 5. The lowest BCUT2D eigenvalue weighted by molar-refractivity contribution is -0.112. The van der Waals surface area contributed by atoms with Gasteiger partial charge in [0.2, 0.25) is 0 Å². The van der Waals surface area contributed by atoms with Gasteiger partial charge in [0.05, 0.1) is 12.1 Å². The van der Waals surface area contributed by atoms with Crippen molar-refractivity contribution in [2.45, 2.75) is 6.42 Å². The molecule has 1 unspecified atom stereocenters. The fourth-order valence-electron chi connectivity index (χ4n) is 2.77. The van der Waals surface area contributed by atoms with E-state index in [0.29, 0.717) is 28.5 Å². The summed E-state index contributed by atoms with van der Waals surface area (Å²) >= 11 is 0. The van der Waals surface area contributed by atoms with Gasteiger partial charge in [-0.25, -0.2) is 13.2 Å². The van der Waals surface area contributed by atoms with Crippen molar-refractivity contribution in [3.05, 3.63) is 59.4 Å². The highest BCUT2D eigenvalue weighted by Crippen LogP contribution is 2.33. The number of hydrogen-bond acceptors (Lipinski definition) is 2. The summed E-state index contributed by atoms with van der Waals surface area (Å²) in [5.74, 6) is -2.62. The predicted molar refractivity (Wildman–Crippen MR) is 84.0 cm³/mol. The van der Waals surface area contributed by atoms with Crippen LogP contribution < -0.4 is 0 Å². The molecule has 3 rings (SSSR count). The Bertz CT molecular complexity index is 887. The van der Waals surface area contributed by atoms with E-state index in [-0.39, 0.29) is 18.5 Å². The lowest BCUT2D eigenvalue weighted by Gasteiger charge is -2.09. The maximum absolute atomic E-state index is 14.1. The van der Waals surface area contributed by atoms with Crippen LogP contribution in [0.25, 0.3) is 22.2 Å². The second-order valence-corrected chi connectivity index (χ2v) is 5.58. The molecule has 1 aromatic heterocycles. The molecule has 3 nitrogen and oxygen atoms in total. The molecule has 1 atom stereocenters. The molecule has 124 valence electrons. The molecule has 0 fully saturated rings. The van der Waals surface area contributed by atoms with Gasteiger partial charge in [0.25, 0.3) is 0 Å². The van der Waals surface area contributed by atoms with Crippen molar-refractivity contribution in [3.8, 4) is 11.3 Å². The van der Waals surface area contributed by atoms with Gasteiger partial charge in [-0.3, -0.25) is 0 Å². The lowest BCUT2D eigenvalue weighted by atomic mass is 9.96. The van der Waals surface area contributed by atoms with Gasteiger partial charge < -0.3 is 14.9 Å². The lowest BCUT2D eigenvalue weighted by Crippen LogP contribution is -2.11. The highest BCUT2D eigenvalue weighted by molar-refractivity contribution is 5.91. The van der Waals surface area contributed by atoms with Crippen LogP contribution >= 0.6 is 0 Å². The third kappa shape index (κ3) is 2.92. The Hall–Kier alpha value is -2.60. The van der Waals surface area contributed by atoms with Crippen LogP contribution in [0.3, 0.4) is 0 Å². The quantitative estimate of drug-likeness (QED) is 0.701. The molecule has 0 aliphatic heterocycles. The van der Waals surface area contributed by atoms with E-state index in [2.05, 4.69) is 4.98 Å². The standard InChI is InChI=1S/C18H14F3NO2/c19-12-3-1-11(2-4-12)17-14(5-10(8-23)9-24)15-6-13(20)7-16(21)18(15)22-17/h1-4,6-8,10,22,24H,5,9H2. The smallest absolute Gasteiger partial charge is 0.150 e. The van der Waals surface area contributed by atoms with E-state index in [1.165, 1.54) is 30.3 Å². The van der Waals surface area contributed by atoms with E-state index >= 15 is 0 Å². The highest BCUT2D eigenvalue weighted by atomic mass is 19.1. The Balaban J connectivity index is 2.24. The van der Waals surface area contributed by atoms with Gasteiger partial charge >= 0.3 is 0 Å². The van der Waals surface area contributed by atoms with E-state index in [9.17, 15) is 23.1 Å². The number of H-pyrrole nitrogens is 1. The van der Waals surface area contributed by atoms with Crippen molar-refractivity contribution in [2.75, 3.05) is 6.61 Å². The first-order valence-electron chi connectivity index (χ1n) is 7.35. The van der Waals surface area contributed by atoms with Gasteiger partial charge in [0, 0.05) is 23.1 Å². The number of fused-ring (bicyclic) bond motifs is 1. The van der Waals surface area contributed by atoms with Crippen molar-refractivity contribution < 1.29 is 23.1 Å². The van der Waals surface area contributed by atoms with Gasteiger partial charge in [-0.2, -0.15) is 0 Å². The summed E-state index contributed by atoms with van der Waals surface area (Å²) in [6.45, 7) is -0.378. The Morgan fingerprint density at radius 1 is 1.08 bits per heavy atom. The molecule has 0 bridgehead atoms. The van der Waals surface area contributed by atoms with E-state index in [1.807, 2.05) is 0 Å².